The second-order valence-corrected chi connectivity index (χ2v) is 7.70. The fourth-order valence-corrected chi connectivity index (χ4v) is 3.59. The van der Waals surface area contributed by atoms with Crippen molar-refractivity contribution in [2.45, 2.75) is 26.9 Å². The van der Waals surface area contributed by atoms with Gasteiger partial charge in [0.15, 0.2) is 0 Å². The lowest BCUT2D eigenvalue weighted by atomic mass is 10.1. The number of urea groups is 1. The monoisotopic (exact) mass is 415 g/mol. The van der Waals surface area contributed by atoms with Gasteiger partial charge in [-0.3, -0.25) is 19.6 Å². The van der Waals surface area contributed by atoms with Gasteiger partial charge in [-0.1, -0.05) is 23.7 Å². The Labute approximate surface area is 176 Å². The molecular formula is C21H26ClN5O2. The van der Waals surface area contributed by atoms with Crippen LogP contribution in [0.5, 0.6) is 0 Å². The summed E-state index contributed by atoms with van der Waals surface area (Å²) >= 11 is 6.42. The molecule has 0 aliphatic carbocycles. The number of aromatic nitrogens is 1. The molecule has 2 heterocycles. The van der Waals surface area contributed by atoms with Crippen molar-refractivity contribution in [1.82, 2.24) is 14.8 Å². The summed E-state index contributed by atoms with van der Waals surface area (Å²) in [4.78, 5) is 33.4. The number of carbonyl (C=O) groups is 2. The van der Waals surface area contributed by atoms with Gasteiger partial charge in [0.1, 0.15) is 0 Å². The number of amides is 3. The fourth-order valence-electron chi connectivity index (χ4n) is 3.41. The normalized spacial score (nSPS) is 14.7. The van der Waals surface area contributed by atoms with Crippen LogP contribution in [0, 0.1) is 6.92 Å². The van der Waals surface area contributed by atoms with Crippen molar-refractivity contribution in [3.05, 3.63) is 58.4 Å². The topological polar surface area (TPSA) is 82.8 Å². The van der Waals surface area contributed by atoms with Crippen molar-refractivity contribution < 1.29 is 9.59 Å². The Hall–Kier alpha value is -2.64. The van der Waals surface area contributed by atoms with Crippen LogP contribution in [0.3, 0.4) is 0 Å². The van der Waals surface area contributed by atoms with E-state index in [1.54, 1.807) is 13.1 Å². The standard InChI is InChI=1S/C21H26ClN5O2/c1-15-3-5-19(12-24-15)27(21(23)29)13-17-4-6-20(22)18(11-17)14-25-7-9-26(10-8-25)16(2)28/h3-6,11-12H,7-10,13-14H2,1-2H3,(H2,23,29). The van der Waals surface area contributed by atoms with Crippen LogP contribution in [-0.2, 0) is 17.9 Å². The molecule has 1 aliphatic heterocycles. The van der Waals surface area contributed by atoms with E-state index < -0.39 is 6.03 Å². The largest absolute Gasteiger partial charge is 0.351 e. The van der Waals surface area contributed by atoms with Crippen molar-refractivity contribution in [3.8, 4) is 0 Å². The number of benzene rings is 1. The molecule has 2 N–H and O–H groups in total. The molecule has 154 valence electrons. The molecule has 0 radical (unpaired) electrons. The van der Waals surface area contributed by atoms with Crippen molar-refractivity contribution in [2.75, 3.05) is 31.1 Å². The Morgan fingerprint density at radius 3 is 2.48 bits per heavy atom. The van der Waals surface area contributed by atoms with E-state index in [1.165, 1.54) is 4.90 Å². The van der Waals surface area contributed by atoms with Crippen LogP contribution in [0.15, 0.2) is 36.5 Å². The zero-order chi connectivity index (χ0) is 21.0. The highest BCUT2D eigenvalue weighted by molar-refractivity contribution is 6.31. The average molecular weight is 416 g/mol. The summed E-state index contributed by atoms with van der Waals surface area (Å²) in [5.41, 5.74) is 9.06. The predicted molar refractivity (Wildman–Crippen MR) is 114 cm³/mol. The third-order valence-corrected chi connectivity index (χ3v) is 5.50. The zero-order valence-electron chi connectivity index (χ0n) is 16.8. The molecule has 1 aliphatic rings. The summed E-state index contributed by atoms with van der Waals surface area (Å²) in [5, 5.41) is 0.686. The third kappa shape index (κ3) is 5.46. The van der Waals surface area contributed by atoms with Gasteiger partial charge in [0.2, 0.25) is 5.91 Å². The quantitative estimate of drug-likeness (QED) is 0.813. The first-order chi connectivity index (χ1) is 13.8. The summed E-state index contributed by atoms with van der Waals surface area (Å²) < 4.78 is 0. The molecule has 0 atom stereocenters. The van der Waals surface area contributed by atoms with E-state index >= 15 is 0 Å². The number of aryl methyl sites for hydroxylation is 1. The molecule has 0 bridgehead atoms. The summed E-state index contributed by atoms with van der Waals surface area (Å²) in [5.74, 6) is 0.113. The van der Waals surface area contributed by atoms with Gasteiger partial charge in [-0.05, 0) is 36.2 Å². The van der Waals surface area contributed by atoms with Crippen molar-refractivity contribution in [2.24, 2.45) is 5.73 Å². The van der Waals surface area contributed by atoms with Gasteiger partial charge in [0.05, 0.1) is 18.4 Å². The van der Waals surface area contributed by atoms with Gasteiger partial charge in [-0.25, -0.2) is 4.79 Å². The van der Waals surface area contributed by atoms with E-state index in [0.717, 1.165) is 43.0 Å². The molecule has 7 nitrogen and oxygen atoms in total. The van der Waals surface area contributed by atoms with Crippen molar-refractivity contribution in [3.63, 3.8) is 0 Å². The molecule has 2 aromatic rings. The Kier molecular flexibility index (Phi) is 6.71. The molecular weight excluding hydrogens is 390 g/mol. The maximum absolute atomic E-state index is 12.0. The number of hydrogen-bond acceptors (Lipinski definition) is 4. The first kappa shape index (κ1) is 21.1. The molecule has 3 rings (SSSR count). The molecule has 8 heteroatoms. The smallest absolute Gasteiger partial charge is 0.319 e. The highest BCUT2D eigenvalue weighted by Gasteiger charge is 2.20. The van der Waals surface area contributed by atoms with Crippen LogP contribution in [0.1, 0.15) is 23.7 Å². The summed E-state index contributed by atoms with van der Waals surface area (Å²) in [6, 6.07) is 8.91. The summed E-state index contributed by atoms with van der Waals surface area (Å²) in [7, 11) is 0. The van der Waals surface area contributed by atoms with E-state index in [2.05, 4.69) is 9.88 Å². The van der Waals surface area contributed by atoms with Gasteiger partial charge < -0.3 is 10.6 Å². The molecule has 1 aromatic heterocycles. The molecule has 29 heavy (non-hydrogen) atoms. The van der Waals surface area contributed by atoms with Gasteiger partial charge in [0.25, 0.3) is 0 Å². The predicted octanol–water partition coefficient (Wildman–Crippen LogP) is 2.79. The van der Waals surface area contributed by atoms with E-state index in [9.17, 15) is 9.59 Å². The molecule has 0 spiro atoms. The first-order valence-corrected chi connectivity index (χ1v) is 9.96. The Morgan fingerprint density at radius 2 is 1.90 bits per heavy atom. The number of primary amides is 1. The van der Waals surface area contributed by atoms with E-state index in [0.29, 0.717) is 23.8 Å². The van der Waals surface area contributed by atoms with Crippen LogP contribution >= 0.6 is 11.6 Å². The molecule has 0 unspecified atom stereocenters. The number of nitrogens with two attached hydrogens (primary N) is 1. The minimum atomic E-state index is -0.535. The molecule has 3 amide bonds. The van der Waals surface area contributed by atoms with Crippen LogP contribution in [0.4, 0.5) is 10.5 Å². The Morgan fingerprint density at radius 1 is 1.17 bits per heavy atom. The van der Waals surface area contributed by atoms with Crippen molar-refractivity contribution in [1.29, 1.82) is 0 Å². The molecule has 1 aromatic carbocycles. The van der Waals surface area contributed by atoms with Crippen LogP contribution in [0.25, 0.3) is 0 Å². The zero-order valence-corrected chi connectivity index (χ0v) is 17.5. The highest BCUT2D eigenvalue weighted by atomic mass is 35.5. The number of pyridine rings is 1. The Bertz CT molecular complexity index is 879. The average Bonchev–Trinajstić information content (AvgIpc) is 2.69. The Balaban J connectivity index is 1.71. The van der Waals surface area contributed by atoms with Gasteiger partial charge in [0, 0.05) is 50.4 Å². The number of hydrogen-bond donors (Lipinski definition) is 1. The van der Waals surface area contributed by atoms with Crippen LogP contribution < -0.4 is 10.6 Å². The third-order valence-electron chi connectivity index (χ3n) is 5.14. The SMILES string of the molecule is CC(=O)N1CCN(Cc2cc(CN(C(N)=O)c3ccc(C)nc3)ccc2Cl)CC1. The number of halogens is 1. The fraction of sp³-hybridized carbons (Fsp3) is 0.381. The van der Waals surface area contributed by atoms with Gasteiger partial charge in [-0.15, -0.1) is 0 Å². The van der Waals surface area contributed by atoms with E-state index in [1.807, 2.05) is 42.2 Å². The maximum atomic E-state index is 12.0. The number of carbonyl (C=O) groups excluding carboxylic acids is 2. The minimum Gasteiger partial charge on any atom is -0.351 e. The second kappa shape index (κ2) is 9.24. The van der Waals surface area contributed by atoms with Crippen molar-refractivity contribution >= 4 is 29.2 Å². The van der Waals surface area contributed by atoms with E-state index in [4.69, 9.17) is 17.3 Å². The molecule has 0 saturated carbocycles. The lowest BCUT2D eigenvalue weighted by Crippen LogP contribution is -2.47. The molecule has 1 saturated heterocycles. The second-order valence-electron chi connectivity index (χ2n) is 7.29. The maximum Gasteiger partial charge on any atom is 0.319 e. The van der Waals surface area contributed by atoms with E-state index in [-0.39, 0.29) is 5.91 Å². The van der Waals surface area contributed by atoms with Crippen LogP contribution in [0.2, 0.25) is 5.02 Å². The first-order valence-electron chi connectivity index (χ1n) is 9.58. The minimum absolute atomic E-state index is 0.113. The van der Waals surface area contributed by atoms with Gasteiger partial charge in [-0.2, -0.15) is 0 Å². The molecule has 1 fully saturated rings. The number of nitrogens with zero attached hydrogens (tertiary/aromatic N) is 4. The van der Waals surface area contributed by atoms with Gasteiger partial charge >= 0.3 is 6.03 Å². The summed E-state index contributed by atoms with van der Waals surface area (Å²) in [6.07, 6.45) is 1.64. The number of anilines is 1. The lowest BCUT2D eigenvalue weighted by Gasteiger charge is -2.34. The highest BCUT2D eigenvalue weighted by Crippen LogP contribution is 2.23. The lowest BCUT2D eigenvalue weighted by molar-refractivity contribution is -0.130. The number of rotatable bonds is 5. The number of piperazine rings is 1. The summed E-state index contributed by atoms with van der Waals surface area (Å²) in [6.45, 7) is 7.59. The van der Waals surface area contributed by atoms with Crippen LogP contribution in [-0.4, -0.2) is 52.9 Å².